The maximum atomic E-state index is 5.90. The van der Waals surface area contributed by atoms with Gasteiger partial charge in [-0.15, -0.1) is 0 Å². The van der Waals surface area contributed by atoms with E-state index in [-0.39, 0.29) is 6.04 Å². The summed E-state index contributed by atoms with van der Waals surface area (Å²) in [5.41, 5.74) is 5.90. The monoisotopic (exact) mass is 172 g/mol. The van der Waals surface area contributed by atoms with E-state index in [0.717, 1.165) is 32.9 Å². The van der Waals surface area contributed by atoms with E-state index in [1.807, 2.05) is 0 Å². The summed E-state index contributed by atoms with van der Waals surface area (Å²) in [6.45, 7) is 5.18. The zero-order valence-electron chi connectivity index (χ0n) is 7.24. The van der Waals surface area contributed by atoms with Crippen LogP contribution in [0.2, 0.25) is 0 Å². The van der Waals surface area contributed by atoms with Crippen molar-refractivity contribution in [1.82, 2.24) is 4.90 Å². The standard InChI is InChI=1S/C8H16N2O2/c9-7-5-12-6-8(7)10-1-3-11-4-2-10/h7-8H,1-6,9H2/t7-,8-/m1/s1. The minimum absolute atomic E-state index is 0.197. The maximum Gasteiger partial charge on any atom is 0.0638 e. The molecule has 0 amide bonds. The fraction of sp³-hybridized carbons (Fsp3) is 1.00. The van der Waals surface area contributed by atoms with Gasteiger partial charge in [0.15, 0.2) is 0 Å². The highest BCUT2D eigenvalue weighted by atomic mass is 16.5. The first-order valence-corrected chi connectivity index (χ1v) is 4.53. The number of rotatable bonds is 1. The van der Waals surface area contributed by atoms with Crippen LogP contribution in [0.15, 0.2) is 0 Å². The van der Waals surface area contributed by atoms with Gasteiger partial charge in [-0.25, -0.2) is 0 Å². The molecule has 2 fully saturated rings. The Hall–Kier alpha value is -0.160. The summed E-state index contributed by atoms with van der Waals surface area (Å²) in [7, 11) is 0. The van der Waals surface area contributed by atoms with Crippen LogP contribution >= 0.6 is 0 Å². The molecule has 0 aliphatic carbocycles. The molecule has 4 heteroatoms. The lowest BCUT2D eigenvalue weighted by molar-refractivity contribution is 0.0123. The summed E-state index contributed by atoms with van der Waals surface area (Å²) in [6.07, 6.45) is 0. The zero-order chi connectivity index (χ0) is 8.39. The van der Waals surface area contributed by atoms with E-state index in [1.165, 1.54) is 0 Å². The molecule has 2 rings (SSSR count). The summed E-state index contributed by atoms with van der Waals surface area (Å²) < 4.78 is 10.6. The Balaban J connectivity index is 1.89. The molecular formula is C8H16N2O2. The molecule has 12 heavy (non-hydrogen) atoms. The van der Waals surface area contributed by atoms with Gasteiger partial charge in [0.05, 0.1) is 32.5 Å². The zero-order valence-corrected chi connectivity index (χ0v) is 7.24. The Labute approximate surface area is 72.6 Å². The third-order valence-corrected chi connectivity index (χ3v) is 2.61. The second-order valence-electron chi connectivity index (χ2n) is 3.42. The molecule has 0 radical (unpaired) electrons. The van der Waals surface area contributed by atoms with Crippen molar-refractivity contribution in [2.75, 3.05) is 39.5 Å². The van der Waals surface area contributed by atoms with E-state index in [2.05, 4.69) is 4.90 Å². The van der Waals surface area contributed by atoms with Crippen molar-refractivity contribution in [3.05, 3.63) is 0 Å². The third-order valence-electron chi connectivity index (χ3n) is 2.61. The van der Waals surface area contributed by atoms with Gasteiger partial charge in [-0.1, -0.05) is 0 Å². The Morgan fingerprint density at radius 1 is 1.08 bits per heavy atom. The van der Waals surface area contributed by atoms with Gasteiger partial charge >= 0.3 is 0 Å². The molecule has 0 bridgehead atoms. The number of morpholine rings is 1. The number of hydrogen-bond acceptors (Lipinski definition) is 4. The van der Waals surface area contributed by atoms with Crippen LogP contribution in [0.1, 0.15) is 0 Å². The first kappa shape index (κ1) is 8.44. The molecule has 2 aliphatic rings. The lowest BCUT2D eigenvalue weighted by Crippen LogP contribution is -2.51. The summed E-state index contributed by atoms with van der Waals surface area (Å²) >= 11 is 0. The quantitative estimate of drug-likeness (QED) is 0.553. The molecule has 0 aromatic heterocycles. The van der Waals surface area contributed by atoms with Gasteiger partial charge in [0.1, 0.15) is 0 Å². The number of nitrogens with two attached hydrogens (primary N) is 1. The van der Waals surface area contributed by atoms with Crippen LogP contribution in [-0.4, -0.2) is 56.5 Å². The van der Waals surface area contributed by atoms with Crippen molar-refractivity contribution in [1.29, 1.82) is 0 Å². The van der Waals surface area contributed by atoms with Crippen molar-refractivity contribution < 1.29 is 9.47 Å². The van der Waals surface area contributed by atoms with Crippen molar-refractivity contribution in [2.45, 2.75) is 12.1 Å². The molecular weight excluding hydrogens is 156 g/mol. The molecule has 2 heterocycles. The van der Waals surface area contributed by atoms with Crippen molar-refractivity contribution in [2.24, 2.45) is 5.73 Å². The van der Waals surface area contributed by atoms with Crippen LogP contribution < -0.4 is 5.73 Å². The Kier molecular flexibility index (Phi) is 2.60. The second kappa shape index (κ2) is 3.70. The predicted molar refractivity (Wildman–Crippen MR) is 45.0 cm³/mol. The van der Waals surface area contributed by atoms with Crippen LogP contribution in [0.5, 0.6) is 0 Å². The normalized spacial score (nSPS) is 38.8. The highest BCUT2D eigenvalue weighted by Crippen LogP contribution is 2.12. The van der Waals surface area contributed by atoms with Gasteiger partial charge in [-0.3, -0.25) is 4.90 Å². The van der Waals surface area contributed by atoms with Crippen LogP contribution in [-0.2, 0) is 9.47 Å². The largest absolute Gasteiger partial charge is 0.379 e. The minimum atomic E-state index is 0.197. The van der Waals surface area contributed by atoms with Crippen LogP contribution in [0.4, 0.5) is 0 Å². The molecule has 0 spiro atoms. The predicted octanol–water partition coefficient (Wildman–Crippen LogP) is -0.955. The maximum absolute atomic E-state index is 5.90. The number of ether oxygens (including phenoxy) is 2. The first-order chi connectivity index (χ1) is 5.88. The highest BCUT2D eigenvalue weighted by Gasteiger charge is 2.30. The van der Waals surface area contributed by atoms with E-state index in [0.29, 0.717) is 12.6 Å². The third kappa shape index (κ3) is 1.61. The number of nitrogens with zero attached hydrogens (tertiary/aromatic N) is 1. The summed E-state index contributed by atoms with van der Waals surface area (Å²) in [5.74, 6) is 0. The van der Waals surface area contributed by atoms with E-state index < -0.39 is 0 Å². The van der Waals surface area contributed by atoms with E-state index in [9.17, 15) is 0 Å². The van der Waals surface area contributed by atoms with Crippen molar-refractivity contribution in [3.63, 3.8) is 0 Å². The SMILES string of the molecule is N[C@@H]1COC[C@H]1N1CCOCC1. The fourth-order valence-corrected chi connectivity index (χ4v) is 1.84. The first-order valence-electron chi connectivity index (χ1n) is 4.53. The van der Waals surface area contributed by atoms with Crippen LogP contribution in [0.25, 0.3) is 0 Å². The molecule has 0 aromatic rings. The molecule has 2 N–H and O–H groups in total. The van der Waals surface area contributed by atoms with Gasteiger partial charge in [0.25, 0.3) is 0 Å². The summed E-state index contributed by atoms with van der Waals surface area (Å²) in [4.78, 5) is 2.38. The van der Waals surface area contributed by atoms with Gasteiger partial charge < -0.3 is 15.2 Å². The highest BCUT2D eigenvalue weighted by molar-refractivity contribution is 4.87. The summed E-state index contributed by atoms with van der Waals surface area (Å²) in [6, 6.07) is 0.622. The van der Waals surface area contributed by atoms with E-state index in [1.54, 1.807) is 0 Å². The van der Waals surface area contributed by atoms with Crippen LogP contribution in [0, 0.1) is 0 Å². The number of hydrogen-bond donors (Lipinski definition) is 1. The smallest absolute Gasteiger partial charge is 0.0638 e. The van der Waals surface area contributed by atoms with Gasteiger partial charge in [-0.05, 0) is 0 Å². The van der Waals surface area contributed by atoms with Gasteiger partial charge in [0, 0.05) is 19.1 Å². The topological polar surface area (TPSA) is 47.7 Å². The van der Waals surface area contributed by atoms with Gasteiger partial charge in [0.2, 0.25) is 0 Å². The Bertz CT molecular complexity index is 148. The fourth-order valence-electron chi connectivity index (χ4n) is 1.84. The molecule has 2 saturated heterocycles. The van der Waals surface area contributed by atoms with E-state index >= 15 is 0 Å². The average molecular weight is 172 g/mol. The molecule has 0 saturated carbocycles. The van der Waals surface area contributed by atoms with E-state index in [4.69, 9.17) is 15.2 Å². The van der Waals surface area contributed by atoms with Crippen molar-refractivity contribution >= 4 is 0 Å². The molecule has 0 unspecified atom stereocenters. The van der Waals surface area contributed by atoms with Crippen molar-refractivity contribution in [3.8, 4) is 0 Å². The molecule has 2 atom stereocenters. The Morgan fingerprint density at radius 2 is 1.83 bits per heavy atom. The lowest BCUT2D eigenvalue weighted by Gasteiger charge is -2.33. The van der Waals surface area contributed by atoms with Crippen LogP contribution in [0.3, 0.4) is 0 Å². The minimum Gasteiger partial charge on any atom is -0.379 e. The Morgan fingerprint density at radius 3 is 2.42 bits per heavy atom. The lowest BCUT2D eigenvalue weighted by atomic mass is 10.1. The second-order valence-corrected chi connectivity index (χ2v) is 3.42. The summed E-state index contributed by atoms with van der Waals surface area (Å²) in [5, 5.41) is 0. The molecule has 0 aromatic carbocycles. The molecule has 2 aliphatic heterocycles. The molecule has 4 nitrogen and oxygen atoms in total. The average Bonchev–Trinajstić information content (AvgIpc) is 2.53. The van der Waals surface area contributed by atoms with Gasteiger partial charge in [-0.2, -0.15) is 0 Å². The molecule has 70 valence electrons.